The van der Waals surface area contributed by atoms with Gasteiger partial charge in [-0.15, -0.1) is 0 Å². The predicted octanol–water partition coefficient (Wildman–Crippen LogP) is 2.25. The van der Waals surface area contributed by atoms with Crippen molar-refractivity contribution in [2.45, 2.75) is 43.9 Å². The summed E-state index contributed by atoms with van der Waals surface area (Å²) >= 11 is 0. The van der Waals surface area contributed by atoms with E-state index in [1.54, 1.807) is 24.3 Å². The van der Waals surface area contributed by atoms with Crippen LogP contribution in [0.5, 0.6) is 0 Å². The van der Waals surface area contributed by atoms with Crippen molar-refractivity contribution in [3.05, 3.63) is 71.3 Å². The third-order valence-corrected chi connectivity index (χ3v) is 5.65. The van der Waals surface area contributed by atoms with Crippen molar-refractivity contribution in [1.82, 2.24) is 0 Å². The van der Waals surface area contributed by atoms with Gasteiger partial charge in [-0.2, -0.15) is 0 Å². The molecule has 2 aromatic carbocycles. The van der Waals surface area contributed by atoms with E-state index in [9.17, 15) is 19.0 Å². The second-order valence-corrected chi connectivity index (χ2v) is 7.79. The maximum atomic E-state index is 13.3. The lowest BCUT2D eigenvalue weighted by Gasteiger charge is -2.33. The molecule has 1 unspecified atom stereocenters. The Kier molecular flexibility index (Phi) is 8.12. The highest BCUT2D eigenvalue weighted by molar-refractivity contribution is 5.30. The van der Waals surface area contributed by atoms with Gasteiger partial charge >= 0.3 is 0 Å². The first-order chi connectivity index (χ1) is 14.1. The first kappa shape index (κ1) is 21.8. The summed E-state index contributed by atoms with van der Waals surface area (Å²) in [7, 11) is 0. The van der Waals surface area contributed by atoms with Gasteiger partial charge in [0.15, 0.2) is 0 Å². The highest BCUT2D eigenvalue weighted by atomic mass is 19.1. The van der Waals surface area contributed by atoms with Gasteiger partial charge in [0, 0.05) is 13.0 Å². The second-order valence-electron chi connectivity index (χ2n) is 7.79. The van der Waals surface area contributed by atoms with Gasteiger partial charge in [-0.3, -0.25) is 0 Å². The van der Waals surface area contributed by atoms with E-state index in [0.29, 0.717) is 12.6 Å². The summed E-state index contributed by atoms with van der Waals surface area (Å²) in [4.78, 5) is 1.31. The van der Waals surface area contributed by atoms with Crippen molar-refractivity contribution < 1.29 is 28.6 Å². The molecule has 6 heteroatoms. The Morgan fingerprint density at radius 3 is 2.10 bits per heavy atom. The highest BCUT2D eigenvalue weighted by Gasteiger charge is 2.28. The number of ether oxygens (including phenoxy) is 1. The van der Waals surface area contributed by atoms with Crippen LogP contribution in [0.2, 0.25) is 0 Å². The fourth-order valence-electron chi connectivity index (χ4n) is 4.15. The molecule has 0 spiro atoms. The van der Waals surface area contributed by atoms with E-state index in [-0.39, 0.29) is 24.8 Å². The van der Waals surface area contributed by atoms with E-state index in [0.717, 1.165) is 43.4 Å². The molecule has 29 heavy (non-hydrogen) atoms. The highest BCUT2D eigenvalue weighted by Crippen LogP contribution is 2.26. The fourth-order valence-corrected chi connectivity index (χ4v) is 4.15. The number of piperidine rings is 1. The van der Waals surface area contributed by atoms with Crippen LogP contribution in [0, 0.1) is 11.6 Å². The van der Waals surface area contributed by atoms with Crippen molar-refractivity contribution in [1.29, 1.82) is 0 Å². The third-order valence-electron chi connectivity index (χ3n) is 5.65. The van der Waals surface area contributed by atoms with Crippen molar-refractivity contribution in [2.75, 3.05) is 26.3 Å². The van der Waals surface area contributed by atoms with E-state index >= 15 is 0 Å². The van der Waals surface area contributed by atoms with Gasteiger partial charge in [0.25, 0.3) is 0 Å². The molecule has 1 heterocycles. The van der Waals surface area contributed by atoms with Gasteiger partial charge in [0.2, 0.25) is 0 Å². The number of halogens is 2. The standard InChI is InChI=1S/C23H29F2NO3/c24-19-8-4-17(5-9-19)23(18-6-10-20(25)11-7-18)29-16-22(28)15-26-13-2-1-3-21(26)12-14-27/h4-11,21-23,27-28H,1-3,12-16H2/p+1/t21-,22+/m0/s1. The molecule has 1 saturated heterocycles. The largest absolute Gasteiger partial charge is 0.396 e. The number of nitrogens with one attached hydrogen (secondary N) is 1. The van der Waals surface area contributed by atoms with Gasteiger partial charge in [0.1, 0.15) is 30.4 Å². The number of aliphatic hydroxyl groups excluding tert-OH is 2. The molecule has 0 bridgehead atoms. The van der Waals surface area contributed by atoms with Crippen LogP contribution in [-0.2, 0) is 4.74 Å². The molecule has 3 N–H and O–H groups in total. The first-order valence-corrected chi connectivity index (χ1v) is 10.3. The lowest BCUT2D eigenvalue weighted by atomic mass is 9.99. The van der Waals surface area contributed by atoms with Crippen molar-refractivity contribution >= 4 is 0 Å². The number of rotatable bonds is 9. The Balaban J connectivity index is 1.66. The molecule has 0 radical (unpaired) electrons. The first-order valence-electron chi connectivity index (χ1n) is 10.3. The van der Waals surface area contributed by atoms with Crippen LogP contribution in [-0.4, -0.2) is 48.7 Å². The van der Waals surface area contributed by atoms with Crippen LogP contribution in [0.15, 0.2) is 48.5 Å². The number of hydrogen-bond acceptors (Lipinski definition) is 3. The van der Waals surface area contributed by atoms with E-state index in [2.05, 4.69) is 0 Å². The maximum Gasteiger partial charge on any atom is 0.126 e. The minimum absolute atomic E-state index is 0.120. The van der Waals surface area contributed by atoms with Gasteiger partial charge < -0.3 is 19.8 Å². The summed E-state index contributed by atoms with van der Waals surface area (Å²) in [6.45, 7) is 1.83. The summed E-state index contributed by atoms with van der Waals surface area (Å²) in [6.07, 6.45) is 2.92. The molecule has 4 nitrogen and oxygen atoms in total. The molecule has 1 aliphatic rings. The van der Waals surface area contributed by atoms with E-state index in [1.165, 1.54) is 29.2 Å². The SMILES string of the molecule is OCC[C@@H]1CCCC[NH+]1C[C@@H](O)COC(c1ccc(F)cc1)c1ccc(F)cc1. The van der Waals surface area contributed by atoms with E-state index in [4.69, 9.17) is 4.74 Å². The fraction of sp³-hybridized carbons (Fsp3) is 0.478. The summed E-state index contributed by atoms with van der Waals surface area (Å²) in [5.41, 5.74) is 1.49. The molecule has 2 aromatic rings. The molecule has 1 fully saturated rings. The Morgan fingerprint density at radius 1 is 0.966 bits per heavy atom. The van der Waals surface area contributed by atoms with E-state index < -0.39 is 12.2 Å². The zero-order chi connectivity index (χ0) is 20.6. The lowest BCUT2D eigenvalue weighted by molar-refractivity contribution is -0.934. The molecule has 3 rings (SSSR count). The van der Waals surface area contributed by atoms with Crippen molar-refractivity contribution in [3.8, 4) is 0 Å². The Labute approximate surface area is 170 Å². The molecule has 0 amide bonds. The maximum absolute atomic E-state index is 13.3. The third kappa shape index (κ3) is 6.31. The van der Waals surface area contributed by atoms with Crippen LogP contribution < -0.4 is 4.90 Å². The Bertz CT molecular complexity index is 691. The topological polar surface area (TPSA) is 54.1 Å². The summed E-state index contributed by atoms with van der Waals surface area (Å²) in [5.74, 6) is -0.675. The van der Waals surface area contributed by atoms with Crippen LogP contribution in [0.25, 0.3) is 0 Å². The zero-order valence-corrected chi connectivity index (χ0v) is 16.6. The molecule has 158 valence electrons. The average Bonchev–Trinajstić information content (AvgIpc) is 2.72. The number of likely N-dealkylation sites (tertiary alicyclic amines) is 1. The molecule has 1 aliphatic heterocycles. The minimum Gasteiger partial charge on any atom is -0.396 e. The molecule has 0 saturated carbocycles. The smallest absolute Gasteiger partial charge is 0.126 e. The van der Waals surface area contributed by atoms with Gasteiger partial charge in [-0.1, -0.05) is 24.3 Å². The van der Waals surface area contributed by atoms with Crippen molar-refractivity contribution in [2.24, 2.45) is 0 Å². The minimum atomic E-state index is -0.660. The summed E-state index contributed by atoms with van der Waals surface area (Å²) in [6, 6.07) is 12.4. The number of aliphatic hydroxyl groups is 2. The Hall–Kier alpha value is -1.86. The van der Waals surface area contributed by atoms with E-state index in [1.807, 2.05) is 0 Å². The van der Waals surface area contributed by atoms with Crippen LogP contribution in [0.3, 0.4) is 0 Å². The molecule has 3 atom stereocenters. The molecule has 0 aliphatic carbocycles. The summed E-state index contributed by atoms with van der Waals surface area (Å²) < 4.78 is 32.7. The lowest BCUT2D eigenvalue weighted by Crippen LogP contribution is -3.17. The Morgan fingerprint density at radius 2 is 1.55 bits per heavy atom. The van der Waals surface area contributed by atoms with Crippen LogP contribution in [0.1, 0.15) is 42.9 Å². The quantitative estimate of drug-likeness (QED) is 0.599. The predicted molar refractivity (Wildman–Crippen MR) is 107 cm³/mol. The van der Waals surface area contributed by atoms with Gasteiger partial charge in [0.05, 0.1) is 19.2 Å². The normalized spacial score (nSPS) is 20.7. The van der Waals surface area contributed by atoms with Gasteiger partial charge in [-0.25, -0.2) is 8.78 Å². The monoisotopic (exact) mass is 406 g/mol. The number of benzene rings is 2. The number of quaternary nitrogens is 1. The molecular weight excluding hydrogens is 376 g/mol. The van der Waals surface area contributed by atoms with Crippen LogP contribution in [0.4, 0.5) is 8.78 Å². The van der Waals surface area contributed by atoms with Crippen molar-refractivity contribution in [3.63, 3.8) is 0 Å². The second kappa shape index (κ2) is 10.8. The van der Waals surface area contributed by atoms with Gasteiger partial charge in [-0.05, 0) is 54.7 Å². The molecule has 0 aromatic heterocycles. The number of hydrogen-bond donors (Lipinski definition) is 3. The average molecular weight is 406 g/mol. The summed E-state index contributed by atoms with van der Waals surface area (Å²) in [5, 5.41) is 19.9. The van der Waals surface area contributed by atoms with Crippen LogP contribution >= 0.6 is 0 Å². The molecular formula is C23H30F2NO3+. The zero-order valence-electron chi connectivity index (χ0n) is 16.6.